The molecule has 0 aliphatic carbocycles. The molecule has 0 saturated heterocycles. The molecule has 0 rings (SSSR count). The molecule has 0 bridgehead atoms. The molecule has 0 atom stereocenters. The number of allylic oxidation sites excluding steroid dienone is 1. The van der Waals surface area contributed by atoms with Crippen LogP contribution >= 0.6 is 0 Å². The molecule has 52 valence electrons. The van der Waals surface area contributed by atoms with Gasteiger partial charge in [0.15, 0.2) is 0 Å². The van der Waals surface area contributed by atoms with Gasteiger partial charge >= 0.3 is 5.97 Å². The van der Waals surface area contributed by atoms with Crippen LogP contribution in [0.2, 0.25) is 0 Å². The van der Waals surface area contributed by atoms with E-state index in [1.807, 2.05) is 0 Å². The molecule has 0 aromatic carbocycles. The molecule has 0 aliphatic rings. The predicted molar refractivity (Wildman–Crippen MR) is 33.0 cm³/mol. The van der Waals surface area contributed by atoms with Gasteiger partial charge in [0.25, 0.3) is 0 Å². The number of carbonyl (C=O) groups is 1. The Morgan fingerprint density at radius 3 is 2.67 bits per heavy atom. The zero-order valence-corrected chi connectivity index (χ0v) is 5.55. The first-order valence-corrected chi connectivity index (χ1v) is 2.70. The number of carbonyl (C=O) groups excluding carboxylic acids is 1. The van der Waals surface area contributed by atoms with E-state index >= 15 is 0 Å². The Morgan fingerprint density at radius 1 is 1.78 bits per heavy atom. The van der Waals surface area contributed by atoms with Gasteiger partial charge < -0.3 is 9.84 Å². The highest BCUT2D eigenvalue weighted by atomic mass is 16.5. The van der Waals surface area contributed by atoms with Crippen LogP contribution in [0.3, 0.4) is 0 Å². The molecule has 1 N–H and O–H groups in total. The third-order valence-electron chi connectivity index (χ3n) is 0.613. The first kappa shape index (κ1) is 8.01. The maximum absolute atomic E-state index is 10.4. The minimum absolute atomic E-state index is 0.0338. The molecule has 0 spiro atoms. The maximum Gasteiger partial charge on any atom is 0.334 e. The number of hydrogen-bond donors (Lipinski definition) is 1. The third kappa shape index (κ3) is 4.87. The van der Waals surface area contributed by atoms with Crippen molar-refractivity contribution in [2.45, 2.75) is 13.8 Å². The normalized spacial score (nSPS) is 11.1. The van der Waals surface area contributed by atoms with Crippen LogP contribution in [0.4, 0.5) is 0 Å². The minimum atomic E-state index is -0.502. The van der Waals surface area contributed by atoms with Crippen LogP contribution in [-0.4, -0.2) is 17.7 Å². The van der Waals surface area contributed by atoms with Crippen LogP contribution in [0.5, 0.6) is 0 Å². The summed E-state index contributed by atoms with van der Waals surface area (Å²) < 4.78 is 4.48. The number of aliphatic hydroxyl groups is 1. The number of hydrogen-bond acceptors (Lipinski definition) is 3. The molecule has 9 heavy (non-hydrogen) atoms. The largest absolute Gasteiger partial charge is 0.512 e. The molecule has 0 fully saturated rings. The fourth-order valence-electron chi connectivity index (χ4n) is 0.354. The van der Waals surface area contributed by atoms with Crippen LogP contribution in [0.15, 0.2) is 11.8 Å². The second-order valence-electron chi connectivity index (χ2n) is 1.54. The Kier molecular flexibility index (Phi) is 3.51. The molecule has 0 heterocycles. The molecule has 0 amide bonds. The minimum Gasteiger partial charge on any atom is -0.512 e. The first-order valence-electron chi connectivity index (χ1n) is 2.70. The lowest BCUT2D eigenvalue weighted by Crippen LogP contribution is -1.99. The summed E-state index contributed by atoms with van der Waals surface area (Å²) in [6.07, 6.45) is 1.03. The van der Waals surface area contributed by atoms with E-state index in [0.717, 1.165) is 6.08 Å². The van der Waals surface area contributed by atoms with Gasteiger partial charge in [0.05, 0.1) is 18.4 Å². The van der Waals surface area contributed by atoms with Crippen molar-refractivity contribution >= 4 is 5.97 Å². The van der Waals surface area contributed by atoms with E-state index in [1.54, 1.807) is 6.92 Å². The highest BCUT2D eigenvalue weighted by Crippen LogP contribution is 1.86. The smallest absolute Gasteiger partial charge is 0.334 e. The van der Waals surface area contributed by atoms with Crippen molar-refractivity contribution in [2.75, 3.05) is 6.61 Å². The number of rotatable bonds is 2. The van der Waals surface area contributed by atoms with E-state index in [0.29, 0.717) is 6.61 Å². The summed E-state index contributed by atoms with van der Waals surface area (Å²) in [6, 6.07) is 0. The van der Waals surface area contributed by atoms with Crippen molar-refractivity contribution in [1.29, 1.82) is 0 Å². The van der Waals surface area contributed by atoms with Crippen molar-refractivity contribution in [3.05, 3.63) is 11.8 Å². The fraction of sp³-hybridized carbons (Fsp3) is 0.500. The first-order chi connectivity index (χ1) is 4.16. The summed E-state index contributed by atoms with van der Waals surface area (Å²) in [6.45, 7) is 3.46. The Balaban J connectivity index is 3.63. The topological polar surface area (TPSA) is 46.5 Å². The summed E-state index contributed by atoms with van der Waals surface area (Å²) in [7, 11) is 0. The quantitative estimate of drug-likeness (QED) is 0.344. The molecular formula is C6H10O3. The van der Waals surface area contributed by atoms with Crippen molar-refractivity contribution in [2.24, 2.45) is 0 Å². The van der Waals surface area contributed by atoms with Crippen molar-refractivity contribution in [3.8, 4) is 0 Å². The molecular weight excluding hydrogens is 120 g/mol. The zero-order chi connectivity index (χ0) is 7.28. The Morgan fingerprint density at radius 2 is 2.33 bits per heavy atom. The zero-order valence-electron chi connectivity index (χ0n) is 5.55. The van der Waals surface area contributed by atoms with E-state index in [4.69, 9.17) is 5.11 Å². The summed E-state index contributed by atoms with van der Waals surface area (Å²) in [4.78, 5) is 10.4. The molecule has 0 radical (unpaired) electrons. The van der Waals surface area contributed by atoms with Crippen LogP contribution in [0.25, 0.3) is 0 Å². The molecule has 3 nitrogen and oxygen atoms in total. The third-order valence-corrected chi connectivity index (χ3v) is 0.613. The van der Waals surface area contributed by atoms with Crippen molar-refractivity contribution in [3.63, 3.8) is 0 Å². The molecule has 0 saturated carbocycles. The van der Waals surface area contributed by atoms with Crippen LogP contribution in [-0.2, 0) is 9.53 Å². The lowest BCUT2D eigenvalue weighted by atomic mass is 10.5. The highest BCUT2D eigenvalue weighted by molar-refractivity contribution is 5.82. The average Bonchev–Trinajstić information content (AvgIpc) is 1.63. The lowest BCUT2D eigenvalue weighted by molar-refractivity contribution is -0.137. The van der Waals surface area contributed by atoms with Gasteiger partial charge in [-0.25, -0.2) is 4.79 Å². The van der Waals surface area contributed by atoms with Crippen molar-refractivity contribution in [1.82, 2.24) is 0 Å². The number of esters is 1. The molecule has 0 aromatic rings. The SMILES string of the molecule is CCOC(=O)/C=C(/C)O. The van der Waals surface area contributed by atoms with Crippen molar-refractivity contribution < 1.29 is 14.6 Å². The van der Waals surface area contributed by atoms with Gasteiger partial charge in [-0.2, -0.15) is 0 Å². The Bertz CT molecular complexity index is 122. The Labute approximate surface area is 53.9 Å². The van der Waals surface area contributed by atoms with E-state index < -0.39 is 5.97 Å². The van der Waals surface area contributed by atoms with Gasteiger partial charge in [-0.1, -0.05) is 0 Å². The maximum atomic E-state index is 10.4. The fourth-order valence-corrected chi connectivity index (χ4v) is 0.354. The molecule has 3 heteroatoms. The lowest BCUT2D eigenvalue weighted by Gasteiger charge is -1.93. The van der Waals surface area contributed by atoms with E-state index in [2.05, 4.69) is 4.74 Å². The standard InChI is InChI=1S/C6H10O3/c1-3-9-6(8)4-5(2)7/h4,7H,3H2,1-2H3/b5-4-. The summed E-state index contributed by atoms with van der Waals surface area (Å²) >= 11 is 0. The van der Waals surface area contributed by atoms with Gasteiger partial charge in [0.1, 0.15) is 0 Å². The summed E-state index contributed by atoms with van der Waals surface area (Å²) in [5.41, 5.74) is 0. The second kappa shape index (κ2) is 3.95. The number of aliphatic hydroxyl groups excluding tert-OH is 1. The van der Waals surface area contributed by atoms with Crippen LogP contribution < -0.4 is 0 Å². The monoisotopic (exact) mass is 130 g/mol. The second-order valence-corrected chi connectivity index (χ2v) is 1.54. The van der Waals surface area contributed by atoms with Gasteiger partial charge in [0.2, 0.25) is 0 Å². The summed E-state index contributed by atoms with van der Waals surface area (Å²) in [5, 5.41) is 8.51. The number of ether oxygens (including phenoxy) is 1. The average molecular weight is 130 g/mol. The molecule has 0 unspecified atom stereocenters. The van der Waals surface area contributed by atoms with E-state index in [1.165, 1.54) is 6.92 Å². The van der Waals surface area contributed by atoms with Gasteiger partial charge in [-0.05, 0) is 13.8 Å². The van der Waals surface area contributed by atoms with E-state index in [-0.39, 0.29) is 5.76 Å². The predicted octanol–water partition coefficient (Wildman–Crippen LogP) is 1.01. The molecule has 0 aromatic heterocycles. The van der Waals surface area contributed by atoms with Gasteiger partial charge in [0, 0.05) is 0 Å². The van der Waals surface area contributed by atoms with E-state index in [9.17, 15) is 4.79 Å². The van der Waals surface area contributed by atoms with Crippen LogP contribution in [0.1, 0.15) is 13.8 Å². The Hall–Kier alpha value is -0.990. The highest BCUT2D eigenvalue weighted by Gasteiger charge is 1.93. The molecule has 0 aliphatic heterocycles. The van der Waals surface area contributed by atoms with Crippen LogP contribution in [0, 0.1) is 0 Å². The van der Waals surface area contributed by atoms with Gasteiger partial charge in [-0.15, -0.1) is 0 Å². The summed E-state index contributed by atoms with van der Waals surface area (Å²) in [5.74, 6) is -0.536. The van der Waals surface area contributed by atoms with Gasteiger partial charge in [-0.3, -0.25) is 0 Å².